The van der Waals surface area contributed by atoms with Gasteiger partial charge in [-0.05, 0) is 36.4 Å². The normalized spacial score (nSPS) is 11.7. The van der Waals surface area contributed by atoms with E-state index in [2.05, 4.69) is 14.9 Å². The fourth-order valence-electron chi connectivity index (χ4n) is 2.69. The van der Waals surface area contributed by atoms with Crippen molar-refractivity contribution >= 4 is 25.5 Å². The van der Waals surface area contributed by atoms with Gasteiger partial charge in [0.25, 0.3) is 10.0 Å². The lowest BCUT2D eigenvalue weighted by Gasteiger charge is -2.12. The molecule has 164 valence electrons. The molecule has 31 heavy (non-hydrogen) atoms. The third-order valence-electron chi connectivity index (χ3n) is 4.44. The lowest BCUT2D eigenvalue weighted by molar-refractivity contribution is 0.354. The third kappa shape index (κ3) is 4.94. The Balaban J connectivity index is 1.80. The summed E-state index contributed by atoms with van der Waals surface area (Å²) in [7, 11) is -4.39. The highest BCUT2D eigenvalue weighted by Gasteiger charge is 2.18. The maximum atomic E-state index is 12.7. The number of anilines is 1. The second-order valence-corrected chi connectivity index (χ2v) is 10.3. The van der Waals surface area contributed by atoms with Crippen LogP contribution in [0.2, 0.25) is 0 Å². The molecule has 1 heterocycles. The number of aromatic nitrogens is 2. The quantitative estimate of drug-likeness (QED) is 0.541. The van der Waals surface area contributed by atoms with Crippen LogP contribution in [-0.4, -0.2) is 47.0 Å². The molecular weight excluding hydrogens is 442 g/mol. The zero-order valence-corrected chi connectivity index (χ0v) is 18.7. The van der Waals surface area contributed by atoms with Crippen molar-refractivity contribution in [1.29, 1.82) is 0 Å². The molecule has 0 aliphatic heterocycles. The Hall–Kier alpha value is -3.18. The summed E-state index contributed by atoms with van der Waals surface area (Å²) in [4.78, 5) is 0.0211. The van der Waals surface area contributed by atoms with E-state index in [1.807, 2.05) is 0 Å². The van der Waals surface area contributed by atoms with Crippen LogP contribution in [0.25, 0.3) is 11.3 Å². The summed E-state index contributed by atoms with van der Waals surface area (Å²) >= 11 is 0. The molecule has 0 saturated carbocycles. The Bertz CT molecular complexity index is 1270. The number of nitrogens with zero attached hydrogens (tertiary/aromatic N) is 2. The molecule has 9 nitrogen and oxygen atoms in total. The van der Waals surface area contributed by atoms with Gasteiger partial charge in [0, 0.05) is 17.3 Å². The van der Waals surface area contributed by atoms with Crippen LogP contribution in [0, 0.1) is 0 Å². The summed E-state index contributed by atoms with van der Waals surface area (Å²) < 4.78 is 61.8. The van der Waals surface area contributed by atoms with Crippen LogP contribution in [0.1, 0.15) is 6.92 Å². The predicted octanol–water partition coefficient (Wildman–Crippen LogP) is 2.76. The SMILES string of the molecule is CCS(=O)(=O)c1ccc(-c2ccc(NS(=O)(=O)c3ccc(OC)c(OC)c3)cc2)nn1. The minimum Gasteiger partial charge on any atom is -0.493 e. The molecule has 1 aromatic heterocycles. The van der Waals surface area contributed by atoms with E-state index >= 15 is 0 Å². The first-order chi connectivity index (χ1) is 14.7. The molecule has 0 aliphatic rings. The van der Waals surface area contributed by atoms with Gasteiger partial charge in [-0.15, -0.1) is 10.2 Å². The van der Waals surface area contributed by atoms with Crippen LogP contribution in [0.15, 0.2) is 64.5 Å². The van der Waals surface area contributed by atoms with E-state index in [0.29, 0.717) is 28.4 Å². The molecule has 1 N–H and O–H groups in total. The van der Waals surface area contributed by atoms with Gasteiger partial charge in [-0.25, -0.2) is 16.8 Å². The van der Waals surface area contributed by atoms with Crippen LogP contribution in [0.5, 0.6) is 11.5 Å². The minimum absolute atomic E-state index is 0.0211. The van der Waals surface area contributed by atoms with E-state index in [4.69, 9.17) is 9.47 Å². The van der Waals surface area contributed by atoms with Crippen molar-refractivity contribution in [2.24, 2.45) is 0 Å². The van der Waals surface area contributed by atoms with E-state index in [0.717, 1.165) is 0 Å². The van der Waals surface area contributed by atoms with Crippen molar-refractivity contribution in [3.63, 3.8) is 0 Å². The standard InChI is InChI=1S/C20H21N3O6S2/c1-4-30(24,25)20-12-10-17(21-22-20)14-5-7-15(8-6-14)23-31(26,27)16-9-11-18(28-2)19(13-16)29-3/h5-13,23H,4H2,1-3H3. The van der Waals surface area contributed by atoms with Crippen molar-refractivity contribution in [2.45, 2.75) is 16.8 Å². The van der Waals surface area contributed by atoms with Gasteiger partial charge in [0.2, 0.25) is 0 Å². The number of sulfonamides is 1. The number of sulfone groups is 1. The zero-order chi connectivity index (χ0) is 22.6. The molecule has 0 atom stereocenters. The lowest BCUT2D eigenvalue weighted by atomic mass is 10.1. The Morgan fingerprint density at radius 2 is 1.52 bits per heavy atom. The molecule has 11 heteroatoms. The number of nitrogens with one attached hydrogen (secondary N) is 1. The predicted molar refractivity (Wildman–Crippen MR) is 116 cm³/mol. The van der Waals surface area contributed by atoms with E-state index in [1.54, 1.807) is 30.3 Å². The highest BCUT2D eigenvalue weighted by Crippen LogP contribution is 2.30. The number of rotatable bonds is 8. The van der Waals surface area contributed by atoms with Crippen molar-refractivity contribution < 1.29 is 26.3 Å². The average molecular weight is 464 g/mol. The maximum Gasteiger partial charge on any atom is 0.262 e. The summed E-state index contributed by atoms with van der Waals surface area (Å²) in [5.41, 5.74) is 1.46. The third-order valence-corrected chi connectivity index (χ3v) is 7.43. The number of methoxy groups -OCH3 is 2. The Labute approximate surface area is 181 Å². The molecule has 0 bridgehead atoms. The van der Waals surface area contributed by atoms with E-state index < -0.39 is 19.9 Å². The largest absolute Gasteiger partial charge is 0.493 e. The van der Waals surface area contributed by atoms with Crippen LogP contribution in [0.4, 0.5) is 5.69 Å². The Kier molecular flexibility index (Phi) is 6.46. The number of hydrogen-bond donors (Lipinski definition) is 1. The van der Waals surface area contributed by atoms with E-state index in [1.165, 1.54) is 45.4 Å². The molecule has 0 aliphatic carbocycles. The van der Waals surface area contributed by atoms with Gasteiger partial charge < -0.3 is 9.47 Å². The molecule has 0 unspecified atom stereocenters. The van der Waals surface area contributed by atoms with Crippen molar-refractivity contribution in [1.82, 2.24) is 10.2 Å². The second kappa shape index (κ2) is 8.90. The summed E-state index contributed by atoms with van der Waals surface area (Å²) in [6, 6.07) is 13.7. The molecule has 0 amide bonds. The van der Waals surface area contributed by atoms with Gasteiger partial charge in [0.05, 0.1) is 30.6 Å². The summed E-state index contributed by atoms with van der Waals surface area (Å²) in [6.07, 6.45) is 0. The highest BCUT2D eigenvalue weighted by molar-refractivity contribution is 7.92. The molecule has 2 aromatic carbocycles. The number of hydrogen-bond acceptors (Lipinski definition) is 8. The maximum absolute atomic E-state index is 12.7. The molecular formula is C20H21N3O6S2. The van der Waals surface area contributed by atoms with Crippen molar-refractivity contribution in [3.05, 3.63) is 54.6 Å². The van der Waals surface area contributed by atoms with Crippen molar-refractivity contribution in [2.75, 3.05) is 24.7 Å². The van der Waals surface area contributed by atoms with E-state index in [9.17, 15) is 16.8 Å². The van der Waals surface area contributed by atoms with E-state index in [-0.39, 0.29) is 15.7 Å². The molecule has 0 fully saturated rings. The van der Waals surface area contributed by atoms with Gasteiger partial charge in [-0.1, -0.05) is 19.1 Å². The number of ether oxygens (including phenoxy) is 2. The fourth-order valence-corrected chi connectivity index (χ4v) is 4.50. The summed E-state index contributed by atoms with van der Waals surface area (Å²) in [5, 5.41) is 7.65. The first-order valence-corrected chi connectivity index (χ1v) is 12.3. The first-order valence-electron chi connectivity index (χ1n) is 9.12. The topological polar surface area (TPSA) is 125 Å². The van der Waals surface area contributed by atoms with Gasteiger partial charge >= 0.3 is 0 Å². The molecule has 3 aromatic rings. The molecule has 0 spiro atoms. The minimum atomic E-state index is -3.85. The van der Waals surface area contributed by atoms with Gasteiger partial charge in [-0.3, -0.25) is 4.72 Å². The Morgan fingerprint density at radius 3 is 2.06 bits per heavy atom. The Morgan fingerprint density at radius 1 is 0.839 bits per heavy atom. The van der Waals surface area contributed by atoms with Crippen LogP contribution >= 0.6 is 0 Å². The monoisotopic (exact) mass is 463 g/mol. The first kappa shape index (κ1) is 22.5. The van der Waals surface area contributed by atoms with Gasteiger partial charge in [-0.2, -0.15) is 0 Å². The van der Waals surface area contributed by atoms with Gasteiger partial charge in [0.1, 0.15) is 0 Å². The zero-order valence-electron chi connectivity index (χ0n) is 17.1. The summed E-state index contributed by atoms with van der Waals surface area (Å²) in [6.45, 7) is 1.53. The highest BCUT2D eigenvalue weighted by atomic mass is 32.2. The molecule has 0 radical (unpaired) electrons. The number of benzene rings is 2. The van der Waals surface area contributed by atoms with Crippen LogP contribution in [-0.2, 0) is 19.9 Å². The second-order valence-electron chi connectivity index (χ2n) is 6.36. The lowest BCUT2D eigenvalue weighted by Crippen LogP contribution is -2.13. The van der Waals surface area contributed by atoms with Crippen LogP contribution in [0.3, 0.4) is 0 Å². The van der Waals surface area contributed by atoms with Crippen molar-refractivity contribution in [3.8, 4) is 22.8 Å². The fraction of sp³-hybridized carbons (Fsp3) is 0.200. The van der Waals surface area contributed by atoms with Crippen LogP contribution < -0.4 is 14.2 Å². The molecule has 0 saturated heterocycles. The molecule has 3 rings (SSSR count). The van der Waals surface area contributed by atoms with Gasteiger partial charge in [0.15, 0.2) is 26.4 Å². The summed E-state index contributed by atoms with van der Waals surface area (Å²) in [5.74, 6) is 0.660. The average Bonchev–Trinajstić information content (AvgIpc) is 2.79. The smallest absolute Gasteiger partial charge is 0.262 e.